The fourth-order valence-electron chi connectivity index (χ4n) is 0.581. The van der Waals surface area contributed by atoms with Gasteiger partial charge in [0, 0.05) is 6.07 Å². The predicted molar refractivity (Wildman–Crippen MR) is 34.2 cm³/mol. The normalized spacial score (nSPS) is 8.33. The Morgan fingerprint density at radius 1 is 1.33 bits per heavy atom. The van der Waals surface area contributed by atoms with Gasteiger partial charge in [-0.2, -0.15) is 5.26 Å². The van der Waals surface area contributed by atoms with E-state index in [-0.39, 0.29) is 0 Å². The molecule has 0 aromatic heterocycles. The van der Waals surface area contributed by atoms with Gasteiger partial charge in [0.2, 0.25) is 0 Å². The van der Waals surface area contributed by atoms with Gasteiger partial charge >= 0.3 is 0 Å². The smallest absolute Gasteiger partial charge is 0.271 e. The van der Waals surface area contributed by atoms with E-state index in [1.807, 2.05) is 6.07 Å². The van der Waals surface area contributed by atoms with Gasteiger partial charge in [-0.25, -0.2) is 0 Å². The molecule has 0 radical (unpaired) electrons. The predicted octanol–water partition coefficient (Wildman–Crippen LogP) is 0.996. The van der Waals surface area contributed by atoms with Crippen molar-refractivity contribution in [2.75, 3.05) is 0 Å². The Bertz CT molecular complexity index is 249. The van der Waals surface area contributed by atoms with Crippen LogP contribution in [0.1, 0.15) is 5.56 Å². The molecule has 2 N–H and O–H groups in total. The summed E-state index contributed by atoms with van der Waals surface area (Å²) in [5.74, 6) is 0.292. The second-order valence-corrected chi connectivity index (χ2v) is 1.66. The molecule has 2 heteroatoms. The van der Waals surface area contributed by atoms with E-state index in [0.29, 0.717) is 11.3 Å². The number of rotatable bonds is 0. The highest BCUT2D eigenvalue weighted by Gasteiger charge is 1.98. The van der Waals surface area contributed by atoms with E-state index >= 15 is 0 Å². The van der Waals surface area contributed by atoms with E-state index in [4.69, 9.17) is 10.4 Å². The van der Waals surface area contributed by atoms with Crippen molar-refractivity contribution >= 4 is 0 Å². The van der Waals surface area contributed by atoms with Crippen LogP contribution >= 0.6 is 0 Å². The summed E-state index contributed by atoms with van der Waals surface area (Å²) in [6.07, 6.45) is 0. The molecule has 0 fully saturated rings. The Hall–Kier alpha value is -1.49. The lowest BCUT2D eigenvalue weighted by molar-refractivity contribution is 0.473. The summed E-state index contributed by atoms with van der Waals surface area (Å²) in [5.41, 5.74) is 0.428. The lowest BCUT2D eigenvalue weighted by Gasteiger charge is -1.85. The molecule has 1 rings (SSSR count). The van der Waals surface area contributed by atoms with Gasteiger partial charge in [0.25, 0.3) is 5.75 Å². The second-order valence-electron chi connectivity index (χ2n) is 1.66. The summed E-state index contributed by atoms with van der Waals surface area (Å²) < 4.78 is 0. The molecule has 0 saturated heterocycles. The van der Waals surface area contributed by atoms with E-state index in [0.717, 1.165) is 0 Å². The molecule has 9 heavy (non-hydrogen) atoms. The summed E-state index contributed by atoms with van der Waals surface area (Å²) in [6.45, 7) is 0. The number of nitriles is 1. The van der Waals surface area contributed by atoms with Crippen molar-refractivity contribution in [2.24, 2.45) is 0 Å². The van der Waals surface area contributed by atoms with Gasteiger partial charge < -0.3 is 5.11 Å². The highest BCUT2D eigenvalue weighted by atomic mass is 16.3. The summed E-state index contributed by atoms with van der Waals surface area (Å²) >= 11 is 0. The Kier molecular flexibility index (Phi) is 1.37. The zero-order valence-electron chi connectivity index (χ0n) is 4.76. The third kappa shape index (κ3) is 1.000. The van der Waals surface area contributed by atoms with Gasteiger partial charge in [-0.05, 0) is 6.07 Å². The van der Waals surface area contributed by atoms with Crippen LogP contribution < -0.4 is 0 Å². The molecule has 44 valence electrons. The largest absolute Gasteiger partial charge is 0.592 e. The fraction of sp³-hybridized carbons (Fsp3) is 0. The molecule has 0 aliphatic rings. The lowest BCUT2D eigenvalue weighted by atomic mass is 10.2. The molecule has 0 spiro atoms. The minimum atomic E-state index is 0.292. The van der Waals surface area contributed by atoms with E-state index in [9.17, 15) is 0 Å². The minimum absolute atomic E-state index is 0.292. The maximum absolute atomic E-state index is 8.35. The standard InChI is InChI=1S/C7H5NO/c8-5-6-3-1-2-4-7(6)9/h1-4,9H/p+1. The third-order valence-corrected chi connectivity index (χ3v) is 1.05. The van der Waals surface area contributed by atoms with E-state index in [2.05, 4.69) is 0 Å². The van der Waals surface area contributed by atoms with Gasteiger partial charge in [0.15, 0.2) is 0 Å². The van der Waals surface area contributed by atoms with Crippen molar-refractivity contribution in [3.8, 4) is 11.8 Å². The summed E-state index contributed by atoms with van der Waals surface area (Å²) in [4.78, 5) is 0. The fourth-order valence-corrected chi connectivity index (χ4v) is 0.581. The average Bonchev–Trinajstić information content (AvgIpc) is 1.89. The summed E-state index contributed by atoms with van der Waals surface area (Å²) in [7, 11) is 0. The summed E-state index contributed by atoms with van der Waals surface area (Å²) in [6, 6.07) is 8.62. The number of hydrogen-bond donors (Lipinski definition) is 0. The average molecular weight is 120 g/mol. The molecule has 1 aromatic carbocycles. The lowest BCUT2D eigenvalue weighted by Crippen LogP contribution is -1.71. The van der Waals surface area contributed by atoms with Crippen LogP contribution in [-0.4, -0.2) is 5.11 Å². The first kappa shape index (κ1) is 5.64. The Labute approximate surface area is 53.0 Å². The van der Waals surface area contributed by atoms with Crippen LogP contribution in [0.3, 0.4) is 0 Å². The maximum atomic E-state index is 8.35. The monoisotopic (exact) mass is 120 g/mol. The highest BCUT2D eigenvalue weighted by Crippen LogP contribution is 2.12. The topological polar surface area (TPSA) is 46.7 Å². The van der Waals surface area contributed by atoms with E-state index in [1.54, 1.807) is 24.3 Å². The van der Waals surface area contributed by atoms with Gasteiger partial charge in [0.05, 0.1) is 0 Å². The second kappa shape index (κ2) is 2.19. The zero-order chi connectivity index (χ0) is 6.69. The molecule has 0 amide bonds. The molecule has 0 aliphatic heterocycles. The van der Waals surface area contributed by atoms with Crippen molar-refractivity contribution in [1.82, 2.24) is 0 Å². The van der Waals surface area contributed by atoms with Crippen LogP contribution in [0.15, 0.2) is 24.3 Å². The quantitative estimate of drug-likeness (QED) is 0.471. The molecule has 0 bridgehead atoms. The van der Waals surface area contributed by atoms with Crippen LogP contribution in [0.4, 0.5) is 0 Å². The van der Waals surface area contributed by atoms with Gasteiger partial charge in [-0.1, -0.05) is 12.1 Å². The molecule has 0 atom stereocenters. The van der Waals surface area contributed by atoms with Crippen molar-refractivity contribution < 1.29 is 5.11 Å². The van der Waals surface area contributed by atoms with Crippen molar-refractivity contribution in [3.05, 3.63) is 29.8 Å². The number of para-hydroxylation sites is 1. The van der Waals surface area contributed by atoms with E-state index < -0.39 is 0 Å². The van der Waals surface area contributed by atoms with Crippen LogP contribution in [0.2, 0.25) is 0 Å². The molecular formula is C7H6NO+. The minimum Gasteiger partial charge on any atom is -0.592 e. The third-order valence-electron chi connectivity index (χ3n) is 1.05. The van der Waals surface area contributed by atoms with E-state index in [1.165, 1.54) is 0 Å². The van der Waals surface area contributed by atoms with Gasteiger partial charge in [-0.3, -0.25) is 0 Å². The molecular weight excluding hydrogens is 114 g/mol. The molecule has 0 unspecified atom stereocenters. The van der Waals surface area contributed by atoms with Crippen LogP contribution in [0.25, 0.3) is 0 Å². The number of benzene rings is 1. The Morgan fingerprint density at radius 3 is 2.44 bits per heavy atom. The van der Waals surface area contributed by atoms with Crippen molar-refractivity contribution in [2.45, 2.75) is 0 Å². The van der Waals surface area contributed by atoms with Crippen LogP contribution in [0.5, 0.6) is 5.75 Å². The Balaban J connectivity index is 3.20. The molecule has 0 heterocycles. The molecule has 0 aliphatic carbocycles. The highest BCUT2D eigenvalue weighted by molar-refractivity contribution is 5.41. The molecule has 1 aromatic rings. The SMILES string of the molecule is N#Cc1ccccc1[OH2+]. The van der Waals surface area contributed by atoms with Gasteiger partial charge in [-0.15, -0.1) is 0 Å². The van der Waals surface area contributed by atoms with Gasteiger partial charge in [0.1, 0.15) is 11.6 Å². The maximum Gasteiger partial charge on any atom is 0.271 e. The number of hydrogen-bond acceptors (Lipinski definition) is 1. The first-order chi connectivity index (χ1) is 4.34. The number of nitrogens with zero attached hydrogens (tertiary/aromatic N) is 1. The summed E-state index contributed by atoms with van der Waals surface area (Å²) in [5, 5.41) is 15.5. The molecule has 0 saturated carbocycles. The van der Waals surface area contributed by atoms with Crippen LogP contribution in [-0.2, 0) is 0 Å². The first-order valence-corrected chi connectivity index (χ1v) is 2.55. The first-order valence-electron chi connectivity index (χ1n) is 2.55. The van der Waals surface area contributed by atoms with Crippen molar-refractivity contribution in [3.63, 3.8) is 0 Å². The van der Waals surface area contributed by atoms with Crippen LogP contribution in [0, 0.1) is 11.3 Å². The molecule has 2 nitrogen and oxygen atoms in total. The van der Waals surface area contributed by atoms with Crippen molar-refractivity contribution in [1.29, 1.82) is 5.26 Å². The Morgan fingerprint density at radius 2 is 2.00 bits per heavy atom. The zero-order valence-corrected chi connectivity index (χ0v) is 4.76.